The van der Waals surface area contributed by atoms with Crippen LogP contribution in [0.4, 0.5) is 0 Å². The van der Waals surface area contributed by atoms with Gasteiger partial charge in [0.25, 0.3) is 5.91 Å². The zero-order chi connectivity index (χ0) is 22.5. The van der Waals surface area contributed by atoms with E-state index in [2.05, 4.69) is 10.3 Å². The van der Waals surface area contributed by atoms with Crippen LogP contribution in [0.2, 0.25) is 0 Å². The molecule has 6 nitrogen and oxygen atoms in total. The molecule has 1 aromatic heterocycles. The van der Waals surface area contributed by atoms with E-state index in [0.717, 1.165) is 5.56 Å². The zero-order valence-electron chi connectivity index (χ0n) is 17.2. The molecule has 1 atom stereocenters. The first-order valence-corrected chi connectivity index (χ1v) is 10.2. The summed E-state index contributed by atoms with van der Waals surface area (Å²) in [7, 11) is 0. The zero-order valence-corrected chi connectivity index (χ0v) is 17.2. The van der Waals surface area contributed by atoms with E-state index in [0.29, 0.717) is 27.6 Å². The highest BCUT2D eigenvalue weighted by atomic mass is 16.2. The maximum absolute atomic E-state index is 12.9. The molecule has 0 saturated heterocycles. The smallest absolute Gasteiger partial charge is 0.252 e. The Morgan fingerprint density at radius 3 is 2.19 bits per heavy atom. The van der Waals surface area contributed by atoms with Crippen molar-refractivity contribution >= 4 is 28.5 Å². The van der Waals surface area contributed by atoms with Crippen molar-refractivity contribution < 1.29 is 14.4 Å². The first kappa shape index (κ1) is 20.9. The number of hydrogen-bond acceptors (Lipinski definition) is 4. The molecule has 0 saturated carbocycles. The number of nitrogens with zero attached hydrogens (tertiary/aromatic N) is 1. The number of aromatic nitrogens is 1. The predicted molar refractivity (Wildman–Crippen MR) is 122 cm³/mol. The number of ketones is 1. The Kier molecular flexibility index (Phi) is 6.03. The number of rotatable bonds is 7. The molecule has 3 N–H and O–H groups in total. The Bertz CT molecular complexity index is 1280. The number of nitrogens with one attached hydrogen (secondary N) is 1. The second-order valence-corrected chi connectivity index (χ2v) is 7.40. The monoisotopic (exact) mass is 423 g/mol. The van der Waals surface area contributed by atoms with Crippen LogP contribution in [0, 0.1) is 0 Å². The highest BCUT2D eigenvalue weighted by Crippen LogP contribution is 2.17. The van der Waals surface area contributed by atoms with Crippen molar-refractivity contribution in [1.82, 2.24) is 10.3 Å². The van der Waals surface area contributed by atoms with Crippen LogP contribution in [0.3, 0.4) is 0 Å². The summed E-state index contributed by atoms with van der Waals surface area (Å²) in [6.45, 7) is 0. The van der Waals surface area contributed by atoms with Gasteiger partial charge in [-0.25, -0.2) is 0 Å². The largest absolute Gasteiger partial charge is 0.368 e. The number of primary amides is 1. The fourth-order valence-electron chi connectivity index (χ4n) is 3.54. The number of nitrogens with two attached hydrogens (primary N) is 1. The predicted octanol–water partition coefficient (Wildman–Crippen LogP) is 3.29. The molecule has 6 heteroatoms. The molecule has 0 unspecified atom stereocenters. The summed E-state index contributed by atoms with van der Waals surface area (Å²) < 4.78 is 0. The van der Waals surface area contributed by atoms with E-state index in [-0.39, 0.29) is 12.2 Å². The second kappa shape index (κ2) is 9.22. The van der Waals surface area contributed by atoms with Gasteiger partial charge in [0.15, 0.2) is 5.78 Å². The summed E-state index contributed by atoms with van der Waals surface area (Å²) >= 11 is 0. The average molecular weight is 423 g/mol. The molecule has 0 radical (unpaired) electrons. The molecule has 0 aliphatic heterocycles. The number of hydrogen-bond donors (Lipinski definition) is 2. The van der Waals surface area contributed by atoms with E-state index in [4.69, 9.17) is 5.73 Å². The van der Waals surface area contributed by atoms with Crippen molar-refractivity contribution in [2.24, 2.45) is 5.73 Å². The molecule has 0 aliphatic rings. The van der Waals surface area contributed by atoms with E-state index in [1.54, 1.807) is 54.7 Å². The third-order valence-corrected chi connectivity index (χ3v) is 5.23. The lowest BCUT2D eigenvalue weighted by Crippen LogP contribution is -2.45. The van der Waals surface area contributed by atoms with E-state index in [9.17, 15) is 14.4 Å². The Morgan fingerprint density at radius 1 is 0.812 bits per heavy atom. The maximum atomic E-state index is 12.9. The molecule has 0 spiro atoms. The summed E-state index contributed by atoms with van der Waals surface area (Å²) in [5.41, 5.74) is 8.59. The number of amides is 2. The van der Waals surface area contributed by atoms with Crippen LogP contribution in [0.5, 0.6) is 0 Å². The Hall–Kier alpha value is -4.32. The number of fused-ring (bicyclic) bond motifs is 1. The average Bonchev–Trinajstić information content (AvgIpc) is 2.83. The van der Waals surface area contributed by atoms with Crippen LogP contribution >= 0.6 is 0 Å². The molecule has 2 amide bonds. The molecule has 158 valence electrons. The summed E-state index contributed by atoms with van der Waals surface area (Å²) in [5.74, 6) is -1.12. The lowest BCUT2D eigenvalue weighted by atomic mass is 9.99. The summed E-state index contributed by atoms with van der Waals surface area (Å²) in [4.78, 5) is 41.7. The van der Waals surface area contributed by atoms with Gasteiger partial charge >= 0.3 is 0 Å². The van der Waals surface area contributed by atoms with Gasteiger partial charge in [-0.3, -0.25) is 19.4 Å². The van der Waals surface area contributed by atoms with Crippen molar-refractivity contribution in [3.8, 4) is 0 Å². The standard InChI is InChI=1S/C26H21N3O3/c27-25(31)23(29-26(32)21-14-15-28-22-9-5-4-8-20(21)22)16-17-10-12-19(13-11-17)24(30)18-6-2-1-3-7-18/h1-15,23H,16H2,(H2,27,31)(H,29,32)/t23-/m0/s1. The molecule has 4 rings (SSSR count). The van der Waals surface area contributed by atoms with Crippen molar-refractivity contribution in [3.05, 3.63) is 113 Å². The first-order valence-electron chi connectivity index (χ1n) is 10.2. The van der Waals surface area contributed by atoms with E-state index < -0.39 is 17.9 Å². The molecular formula is C26H21N3O3. The van der Waals surface area contributed by atoms with Crippen LogP contribution < -0.4 is 11.1 Å². The van der Waals surface area contributed by atoms with Gasteiger partial charge in [0, 0.05) is 29.1 Å². The number of pyridine rings is 1. The highest BCUT2D eigenvalue weighted by molar-refractivity contribution is 6.09. The van der Waals surface area contributed by atoms with Crippen molar-refractivity contribution in [2.45, 2.75) is 12.5 Å². The van der Waals surface area contributed by atoms with Gasteiger partial charge in [0.2, 0.25) is 5.91 Å². The highest BCUT2D eigenvalue weighted by Gasteiger charge is 2.21. The van der Waals surface area contributed by atoms with Gasteiger partial charge in [-0.15, -0.1) is 0 Å². The van der Waals surface area contributed by atoms with E-state index in [1.807, 2.05) is 36.4 Å². The summed E-state index contributed by atoms with van der Waals surface area (Å²) in [6.07, 6.45) is 1.77. The lowest BCUT2D eigenvalue weighted by Gasteiger charge is -2.16. The minimum absolute atomic E-state index is 0.0820. The molecule has 32 heavy (non-hydrogen) atoms. The molecule has 0 aliphatic carbocycles. The van der Waals surface area contributed by atoms with Gasteiger partial charge in [0.1, 0.15) is 6.04 Å². The third-order valence-electron chi connectivity index (χ3n) is 5.23. The van der Waals surface area contributed by atoms with Gasteiger partial charge in [0.05, 0.1) is 11.1 Å². The molecule has 4 aromatic rings. The lowest BCUT2D eigenvalue weighted by molar-refractivity contribution is -0.119. The Morgan fingerprint density at radius 2 is 1.47 bits per heavy atom. The Balaban J connectivity index is 1.49. The van der Waals surface area contributed by atoms with Crippen LogP contribution in [0.25, 0.3) is 10.9 Å². The van der Waals surface area contributed by atoms with E-state index in [1.165, 1.54) is 0 Å². The summed E-state index contributed by atoms with van der Waals surface area (Å²) in [5, 5.41) is 3.42. The quantitative estimate of drug-likeness (QED) is 0.445. The van der Waals surface area contributed by atoms with Crippen LogP contribution in [0.15, 0.2) is 91.1 Å². The first-order chi connectivity index (χ1) is 15.5. The minimum Gasteiger partial charge on any atom is -0.368 e. The van der Waals surface area contributed by atoms with Crippen LogP contribution in [-0.4, -0.2) is 28.6 Å². The van der Waals surface area contributed by atoms with Crippen LogP contribution in [-0.2, 0) is 11.2 Å². The Labute approximate surface area is 185 Å². The molecule has 0 bridgehead atoms. The fraction of sp³-hybridized carbons (Fsp3) is 0.0769. The fourth-order valence-corrected chi connectivity index (χ4v) is 3.54. The maximum Gasteiger partial charge on any atom is 0.252 e. The normalized spacial score (nSPS) is 11.6. The van der Waals surface area contributed by atoms with E-state index >= 15 is 0 Å². The second-order valence-electron chi connectivity index (χ2n) is 7.40. The third kappa shape index (κ3) is 4.54. The van der Waals surface area contributed by atoms with Gasteiger partial charge in [-0.2, -0.15) is 0 Å². The van der Waals surface area contributed by atoms with Gasteiger partial charge in [-0.1, -0.05) is 72.8 Å². The number of para-hydroxylation sites is 1. The molecular weight excluding hydrogens is 402 g/mol. The van der Waals surface area contributed by atoms with Crippen molar-refractivity contribution in [3.63, 3.8) is 0 Å². The van der Waals surface area contributed by atoms with Gasteiger partial charge in [-0.05, 0) is 17.7 Å². The molecule has 1 heterocycles. The SMILES string of the molecule is NC(=O)[C@H](Cc1ccc(C(=O)c2ccccc2)cc1)NC(=O)c1ccnc2ccccc12. The number of carbonyl (C=O) groups excluding carboxylic acids is 3. The van der Waals surface area contributed by atoms with Crippen LogP contribution in [0.1, 0.15) is 31.8 Å². The topological polar surface area (TPSA) is 102 Å². The van der Waals surface area contributed by atoms with Crippen molar-refractivity contribution in [1.29, 1.82) is 0 Å². The summed E-state index contributed by atoms with van der Waals surface area (Å²) in [6, 6.07) is 23.9. The molecule has 0 fully saturated rings. The van der Waals surface area contributed by atoms with Gasteiger partial charge < -0.3 is 11.1 Å². The molecule has 3 aromatic carbocycles. The minimum atomic E-state index is -0.898. The van der Waals surface area contributed by atoms with Crippen molar-refractivity contribution in [2.75, 3.05) is 0 Å². The number of benzene rings is 3. The number of carbonyl (C=O) groups is 3.